The molecule has 1 amide bonds. The van der Waals surface area contributed by atoms with Crippen LogP contribution >= 0.6 is 0 Å². The van der Waals surface area contributed by atoms with Crippen LogP contribution in [0, 0.1) is 17.0 Å². The van der Waals surface area contributed by atoms with E-state index < -0.39 is 14.9 Å². The fourth-order valence-corrected chi connectivity index (χ4v) is 5.16. The summed E-state index contributed by atoms with van der Waals surface area (Å²) >= 11 is 0. The Morgan fingerprint density at radius 1 is 1.07 bits per heavy atom. The molecule has 3 aromatic rings. The standard InChI is InChI=1S/C20H19N3O6S/c1-14-6-7-16(23(25)26)13-19(14)30(27,28)22-10-8-21(9-11-22)20(24)18-12-15-4-2-3-5-17(15)29-18/h2-7,12-13H,8-11H2,1H3. The van der Waals surface area contributed by atoms with Crippen molar-refractivity contribution in [2.45, 2.75) is 11.8 Å². The molecule has 2 aromatic carbocycles. The Kier molecular flexibility index (Phi) is 5.04. The summed E-state index contributed by atoms with van der Waals surface area (Å²) in [4.78, 5) is 24.6. The smallest absolute Gasteiger partial charge is 0.289 e. The summed E-state index contributed by atoms with van der Waals surface area (Å²) in [5.74, 6) is -0.0863. The monoisotopic (exact) mass is 429 g/mol. The normalized spacial score (nSPS) is 15.4. The lowest BCUT2D eigenvalue weighted by molar-refractivity contribution is -0.385. The Morgan fingerprint density at radius 2 is 1.77 bits per heavy atom. The number of hydrogen-bond acceptors (Lipinski definition) is 6. The van der Waals surface area contributed by atoms with E-state index in [0.29, 0.717) is 11.1 Å². The minimum Gasteiger partial charge on any atom is -0.451 e. The van der Waals surface area contributed by atoms with Gasteiger partial charge in [-0.3, -0.25) is 14.9 Å². The number of sulfonamides is 1. The van der Waals surface area contributed by atoms with Crippen LogP contribution in [0.1, 0.15) is 16.1 Å². The number of benzene rings is 2. The van der Waals surface area contributed by atoms with Crippen molar-refractivity contribution < 1.29 is 22.6 Å². The van der Waals surface area contributed by atoms with Gasteiger partial charge in [0.1, 0.15) is 5.58 Å². The highest BCUT2D eigenvalue weighted by Crippen LogP contribution is 2.26. The first kappa shape index (κ1) is 20.0. The number of carbonyl (C=O) groups excluding carboxylic acids is 1. The van der Waals surface area contributed by atoms with Crippen LogP contribution in [0.25, 0.3) is 11.0 Å². The zero-order valence-electron chi connectivity index (χ0n) is 16.1. The highest BCUT2D eigenvalue weighted by Gasteiger charge is 2.33. The number of carbonyl (C=O) groups is 1. The van der Waals surface area contributed by atoms with Crippen LogP contribution in [-0.2, 0) is 10.0 Å². The lowest BCUT2D eigenvalue weighted by atomic mass is 10.2. The van der Waals surface area contributed by atoms with Crippen LogP contribution in [-0.4, -0.2) is 54.6 Å². The van der Waals surface area contributed by atoms with Crippen molar-refractivity contribution in [1.29, 1.82) is 0 Å². The number of nitro benzene ring substituents is 1. The molecule has 156 valence electrons. The van der Waals surface area contributed by atoms with Crippen molar-refractivity contribution in [3.8, 4) is 0 Å². The highest BCUT2D eigenvalue weighted by atomic mass is 32.2. The lowest BCUT2D eigenvalue weighted by Crippen LogP contribution is -2.50. The van der Waals surface area contributed by atoms with Crippen molar-refractivity contribution >= 4 is 32.6 Å². The van der Waals surface area contributed by atoms with E-state index in [1.807, 2.05) is 18.2 Å². The molecule has 30 heavy (non-hydrogen) atoms. The van der Waals surface area contributed by atoms with E-state index in [-0.39, 0.29) is 48.4 Å². The molecular formula is C20H19N3O6S. The van der Waals surface area contributed by atoms with E-state index >= 15 is 0 Å². The lowest BCUT2D eigenvalue weighted by Gasteiger charge is -2.33. The number of hydrogen-bond donors (Lipinski definition) is 0. The fourth-order valence-electron chi connectivity index (χ4n) is 3.49. The number of nitrogens with zero attached hydrogens (tertiary/aromatic N) is 3. The van der Waals surface area contributed by atoms with E-state index in [1.165, 1.54) is 16.4 Å². The number of fused-ring (bicyclic) bond motifs is 1. The Morgan fingerprint density at radius 3 is 2.43 bits per heavy atom. The second-order valence-electron chi connectivity index (χ2n) is 7.05. The minimum atomic E-state index is -3.92. The van der Waals surface area contributed by atoms with Crippen LogP contribution in [0.15, 0.2) is 57.8 Å². The van der Waals surface area contributed by atoms with E-state index in [4.69, 9.17) is 4.42 Å². The zero-order valence-corrected chi connectivity index (χ0v) is 17.0. The number of rotatable bonds is 4. The van der Waals surface area contributed by atoms with Crippen molar-refractivity contribution in [1.82, 2.24) is 9.21 Å². The van der Waals surface area contributed by atoms with Crippen molar-refractivity contribution in [3.05, 3.63) is 70.0 Å². The number of para-hydroxylation sites is 1. The molecular weight excluding hydrogens is 410 g/mol. The fraction of sp³-hybridized carbons (Fsp3) is 0.250. The average molecular weight is 429 g/mol. The van der Waals surface area contributed by atoms with E-state index in [1.54, 1.807) is 24.0 Å². The SMILES string of the molecule is Cc1ccc([N+](=O)[O-])cc1S(=O)(=O)N1CCN(C(=O)c2cc3ccccc3o2)CC1. The van der Waals surface area contributed by atoms with Gasteiger partial charge in [0, 0.05) is 43.7 Å². The van der Waals surface area contributed by atoms with Crippen molar-refractivity contribution in [2.24, 2.45) is 0 Å². The van der Waals surface area contributed by atoms with E-state index in [9.17, 15) is 23.3 Å². The van der Waals surface area contributed by atoms with Gasteiger partial charge in [-0.2, -0.15) is 4.31 Å². The summed E-state index contributed by atoms with van der Waals surface area (Å²) in [6, 6.07) is 12.7. The first-order chi connectivity index (χ1) is 14.3. The maximum absolute atomic E-state index is 13.0. The molecule has 1 aliphatic heterocycles. The summed E-state index contributed by atoms with van der Waals surface area (Å²) < 4.78 is 32.9. The van der Waals surface area contributed by atoms with Crippen LogP contribution in [0.5, 0.6) is 0 Å². The zero-order chi connectivity index (χ0) is 21.5. The first-order valence-corrected chi connectivity index (χ1v) is 10.7. The third kappa shape index (κ3) is 3.55. The number of non-ortho nitro benzene ring substituents is 1. The molecule has 10 heteroatoms. The largest absolute Gasteiger partial charge is 0.451 e. The number of furan rings is 1. The van der Waals surface area contributed by atoms with Gasteiger partial charge >= 0.3 is 0 Å². The van der Waals surface area contributed by atoms with Gasteiger partial charge in [0.15, 0.2) is 5.76 Å². The third-order valence-electron chi connectivity index (χ3n) is 5.16. The molecule has 1 aliphatic rings. The van der Waals surface area contributed by atoms with Crippen molar-refractivity contribution in [3.63, 3.8) is 0 Å². The van der Waals surface area contributed by atoms with Crippen LogP contribution in [0.3, 0.4) is 0 Å². The molecule has 2 heterocycles. The summed E-state index contributed by atoms with van der Waals surface area (Å²) in [7, 11) is -3.92. The molecule has 1 fully saturated rings. The molecule has 1 saturated heterocycles. The predicted octanol–water partition coefficient (Wildman–Crippen LogP) is 2.80. The summed E-state index contributed by atoms with van der Waals surface area (Å²) in [6.07, 6.45) is 0. The van der Waals surface area contributed by atoms with Crippen molar-refractivity contribution in [2.75, 3.05) is 26.2 Å². The van der Waals surface area contributed by atoms with Gasteiger partial charge in [-0.25, -0.2) is 8.42 Å². The Hall–Kier alpha value is -3.24. The molecule has 0 aliphatic carbocycles. The maximum Gasteiger partial charge on any atom is 0.289 e. The molecule has 0 unspecified atom stereocenters. The number of nitro groups is 1. The molecule has 4 rings (SSSR count). The molecule has 0 spiro atoms. The topological polar surface area (TPSA) is 114 Å². The maximum atomic E-state index is 13.0. The summed E-state index contributed by atoms with van der Waals surface area (Å²) in [5, 5.41) is 11.9. The van der Waals surface area contributed by atoms with Gasteiger partial charge < -0.3 is 9.32 Å². The predicted molar refractivity (Wildman–Crippen MR) is 109 cm³/mol. The first-order valence-electron chi connectivity index (χ1n) is 9.30. The molecule has 0 atom stereocenters. The van der Waals surface area contributed by atoms with Gasteiger partial charge in [0.05, 0.1) is 9.82 Å². The van der Waals surface area contributed by atoms with Gasteiger partial charge in [0.2, 0.25) is 10.0 Å². The molecule has 9 nitrogen and oxygen atoms in total. The third-order valence-corrected chi connectivity index (χ3v) is 7.20. The summed E-state index contributed by atoms with van der Waals surface area (Å²) in [6.45, 7) is 2.18. The quantitative estimate of drug-likeness (QED) is 0.465. The Balaban J connectivity index is 1.50. The van der Waals surface area contributed by atoms with Crippen LogP contribution in [0.4, 0.5) is 5.69 Å². The number of amides is 1. The molecule has 0 N–H and O–H groups in total. The van der Waals surface area contributed by atoms with Gasteiger partial charge in [-0.15, -0.1) is 0 Å². The highest BCUT2D eigenvalue weighted by molar-refractivity contribution is 7.89. The second-order valence-corrected chi connectivity index (χ2v) is 8.96. The molecule has 0 saturated carbocycles. The van der Waals surface area contributed by atoms with Gasteiger partial charge in [-0.1, -0.05) is 24.3 Å². The minimum absolute atomic E-state index is 0.0891. The molecule has 1 aromatic heterocycles. The average Bonchev–Trinajstić information content (AvgIpc) is 3.17. The number of piperazine rings is 1. The van der Waals surface area contributed by atoms with E-state index in [2.05, 4.69) is 0 Å². The number of aryl methyl sites for hydroxylation is 1. The van der Waals surface area contributed by atoms with Crippen LogP contribution in [0.2, 0.25) is 0 Å². The second kappa shape index (κ2) is 7.54. The molecule has 0 bridgehead atoms. The van der Waals surface area contributed by atoms with E-state index in [0.717, 1.165) is 11.5 Å². The molecule has 0 radical (unpaired) electrons. The van der Waals surface area contributed by atoms with Gasteiger partial charge in [-0.05, 0) is 24.6 Å². The van der Waals surface area contributed by atoms with Crippen LogP contribution < -0.4 is 0 Å². The van der Waals surface area contributed by atoms with Gasteiger partial charge in [0.25, 0.3) is 11.6 Å². The summed E-state index contributed by atoms with van der Waals surface area (Å²) in [5.41, 5.74) is 0.766. The Bertz CT molecular complexity index is 1210. The Labute approximate surface area is 172 Å².